The summed E-state index contributed by atoms with van der Waals surface area (Å²) >= 11 is 6.22. The number of fused-ring (bicyclic) bond motifs is 1. The number of halogens is 1. The van der Waals surface area contributed by atoms with Gasteiger partial charge in [0.25, 0.3) is 0 Å². The number of aryl methyl sites for hydroxylation is 2. The second-order valence-corrected chi connectivity index (χ2v) is 5.81. The van der Waals surface area contributed by atoms with Gasteiger partial charge in [0.15, 0.2) is 5.65 Å². The van der Waals surface area contributed by atoms with Gasteiger partial charge in [0.2, 0.25) is 5.95 Å². The zero-order valence-electron chi connectivity index (χ0n) is 13.3. The van der Waals surface area contributed by atoms with Crippen LogP contribution in [0.25, 0.3) is 11.0 Å². The van der Waals surface area contributed by atoms with Gasteiger partial charge in [-0.15, -0.1) is 0 Å². The van der Waals surface area contributed by atoms with Gasteiger partial charge >= 0.3 is 0 Å². The highest BCUT2D eigenvalue weighted by Crippen LogP contribution is 2.25. The van der Waals surface area contributed by atoms with Gasteiger partial charge in [-0.1, -0.05) is 24.0 Å². The van der Waals surface area contributed by atoms with Gasteiger partial charge in [-0.3, -0.25) is 4.98 Å². The molecule has 0 bridgehead atoms. The van der Waals surface area contributed by atoms with Crippen LogP contribution in [0.15, 0.2) is 6.20 Å². The Kier molecular flexibility index (Phi) is 3.98. The summed E-state index contributed by atoms with van der Waals surface area (Å²) in [5.41, 5.74) is 10.7. The van der Waals surface area contributed by atoms with Crippen molar-refractivity contribution in [3.05, 3.63) is 33.9 Å². The fraction of sp³-hybridized carbons (Fsp3) is 0.333. The van der Waals surface area contributed by atoms with Crippen LogP contribution >= 0.6 is 11.6 Å². The third-order valence-corrected chi connectivity index (χ3v) is 4.22. The first-order valence-electron chi connectivity index (χ1n) is 7.31. The van der Waals surface area contributed by atoms with Crippen molar-refractivity contribution in [1.82, 2.24) is 24.7 Å². The van der Waals surface area contributed by atoms with Crippen LogP contribution in [-0.4, -0.2) is 32.6 Å². The number of anilines is 1. The third-order valence-electron chi connectivity index (χ3n) is 3.95. The van der Waals surface area contributed by atoms with Crippen molar-refractivity contribution in [3.8, 4) is 0 Å². The Labute approximate surface area is 140 Å². The lowest BCUT2D eigenvalue weighted by atomic mass is 9.87. The second-order valence-electron chi connectivity index (χ2n) is 5.46. The normalized spacial score (nSPS) is 11.3. The van der Waals surface area contributed by atoms with E-state index >= 15 is 0 Å². The summed E-state index contributed by atoms with van der Waals surface area (Å²) in [4.78, 5) is 12.8. The molecule has 6 nitrogen and oxygen atoms in total. The molecule has 0 amide bonds. The zero-order valence-corrected chi connectivity index (χ0v) is 14.0. The number of rotatable bonds is 3. The smallest absolute Gasteiger partial charge is 0.223 e. The number of nitrogens with two attached hydrogens (primary N) is 1. The van der Waals surface area contributed by atoms with Crippen LogP contribution in [-0.2, 0) is 13.0 Å². The predicted molar refractivity (Wildman–Crippen MR) is 92.3 cm³/mol. The summed E-state index contributed by atoms with van der Waals surface area (Å²) in [5.74, 6) is 0.124. The Morgan fingerprint density at radius 2 is 2.00 bits per heavy atom. The SMILES string of the molecule is [B]c1c(C)cnc(Cn2nc(CC)c3c(Cl)nc(N)nc32)c1C. The Bertz CT molecular complexity index is 905. The molecule has 0 fully saturated rings. The molecule has 8 heteroatoms. The lowest BCUT2D eigenvalue weighted by molar-refractivity contribution is 0.673. The van der Waals surface area contributed by atoms with Crippen molar-refractivity contribution in [3.63, 3.8) is 0 Å². The van der Waals surface area contributed by atoms with Crippen molar-refractivity contribution in [2.75, 3.05) is 5.73 Å². The lowest BCUT2D eigenvalue weighted by Crippen LogP contribution is -2.18. The maximum Gasteiger partial charge on any atom is 0.223 e. The summed E-state index contributed by atoms with van der Waals surface area (Å²) in [6.45, 7) is 6.34. The first kappa shape index (κ1) is 15.7. The van der Waals surface area contributed by atoms with Gasteiger partial charge in [0, 0.05) is 6.20 Å². The molecule has 0 unspecified atom stereocenters. The van der Waals surface area contributed by atoms with Gasteiger partial charge in [0.05, 0.1) is 23.3 Å². The lowest BCUT2D eigenvalue weighted by Gasteiger charge is -2.11. The largest absolute Gasteiger partial charge is 0.368 e. The number of nitrogens with zero attached hydrogens (tertiary/aromatic N) is 5. The zero-order chi connectivity index (χ0) is 16.7. The average molecular weight is 327 g/mol. The van der Waals surface area contributed by atoms with Gasteiger partial charge in [0.1, 0.15) is 13.0 Å². The summed E-state index contributed by atoms with van der Waals surface area (Å²) in [6.07, 6.45) is 2.49. The second kappa shape index (κ2) is 5.81. The minimum Gasteiger partial charge on any atom is -0.368 e. The van der Waals surface area contributed by atoms with Gasteiger partial charge in [-0.05, 0) is 31.4 Å². The molecule has 0 saturated carbocycles. The Hall–Kier alpha value is -2.15. The summed E-state index contributed by atoms with van der Waals surface area (Å²) in [7, 11) is 6.09. The Morgan fingerprint density at radius 1 is 1.26 bits per heavy atom. The molecule has 2 radical (unpaired) electrons. The van der Waals surface area contributed by atoms with E-state index in [4.69, 9.17) is 25.2 Å². The van der Waals surface area contributed by atoms with Gasteiger partial charge < -0.3 is 5.73 Å². The predicted octanol–water partition coefficient (Wildman–Crippen LogP) is 1.48. The van der Waals surface area contributed by atoms with Crippen LogP contribution in [0.5, 0.6) is 0 Å². The maximum absolute atomic E-state index is 6.22. The summed E-state index contributed by atoms with van der Waals surface area (Å²) in [6, 6.07) is 0. The number of aromatic nitrogens is 5. The number of hydrogen-bond acceptors (Lipinski definition) is 5. The van der Waals surface area contributed by atoms with E-state index in [0.717, 1.165) is 39.8 Å². The maximum atomic E-state index is 6.22. The van der Waals surface area contributed by atoms with Crippen LogP contribution in [0.3, 0.4) is 0 Å². The van der Waals surface area contributed by atoms with E-state index < -0.39 is 0 Å². The molecule has 0 aliphatic carbocycles. The Balaban J connectivity index is 2.16. The van der Waals surface area contributed by atoms with Crippen LogP contribution in [0.2, 0.25) is 5.15 Å². The highest BCUT2D eigenvalue weighted by molar-refractivity contribution is 6.34. The van der Waals surface area contributed by atoms with Crippen molar-refractivity contribution in [1.29, 1.82) is 0 Å². The molecule has 3 aromatic heterocycles. The fourth-order valence-electron chi connectivity index (χ4n) is 2.57. The first-order valence-corrected chi connectivity index (χ1v) is 7.69. The number of nitrogen functional groups attached to an aromatic ring is 1. The molecule has 0 aromatic carbocycles. The molecular formula is C15H16BClN6. The molecule has 0 saturated heterocycles. The van der Waals surface area contributed by atoms with Crippen molar-refractivity contribution in [2.24, 2.45) is 0 Å². The van der Waals surface area contributed by atoms with E-state index in [1.165, 1.54) is 0 Å². The van der Waals surface area contributed by atoms with Crippen molar-refractivity contribution >= 4 is 41.9 Å². The molecule has 23 heavy (non-hydrogen) atoms. The fourth-order valence-corrected chi connectivity index (χ4v) is 2.85. The van der Waals surface area contributed by atoms with Gasteiger partial charge in [-0.25, -0.2) is 9.67 Å². The van der Waals surface area contributed by atoms with Crippen LogP contribution < -0.4 is 11.2 Å². The van der Waals surface area contributed by atoms with Crippen molar-refractivity contribution < 1.29 is 0 Å². The number of hydrogen-bond donors (Lipinski definition) is 1. The first-order chi connectivity index (χ1) is 10.9. The molecule has 0 aliphatic rings. The standard InChI is InChI=1S/C15H16BClN6/c1-4-9-11-13(17)20-15(18)21-14(11)23(22-9)6-10-8(3)12(16)7(2)5-19-10/h5H,4,6H2,1-3H3,(H2,18,20,21). The topological polar surface area (TPSA) is 82.5 Å². The van der Waals surface area contributed by atoms with E-state index in [2.05, 4.69) is 20.1 Å². The van der Waals surface area contributed by atoms with E-state index in [-0.39, 0.29) is 5.95 Å². The molecule has 3 heterocycles. The van der Waals surface area contributed by atoms with E-state index in [1.807, 2.05) is 20.8 Å². The molecule has 3 rings (SSSR count). The molecule has 0 atom stereocenters. The summed E-state index contributed by atoms with van der Waals surface area (Å²) < 4.78 is 1.75. The van der Waals surface area contributed by atoms with E-state index in [1.54, 1.807) is 10.9 Å². The molecule has 0 spiro atoms. The van der Waals surface area contributed by atoms with Crippen molar-refractivity contribution in [2.45, 2.75) is 33.7 Å². The highest BCUT2D eigenvalue weighted by atomic mass is 35.5. The quantitative estimate of drug-likeness (QED) is 0.582. The molecular weight excluding hydrogens is 310 g/mol. The van der Waals surface area contributed by atoms with E-state index in [0.29, 0.717) is 17.3 Å². The van der Waals surface area contributed by atoms with Gasteiger partial charge in [-0.2, -0.15) is 10.1 Å². The molecule has 0 aliphatic heterocycles. The number of pyridine rings is 1. The minimum absolute atomic E-state index is 0.124. The molecule has 116 valence electrons. The monoisotopic (exact) mass is 326 g/mol. The minimum atomic E-state index is 0.124. The third kappa shape index (κ3) is 2.65. The van der Waals surface area contributed by atoms with Crippen LogP contribution in [0.1, 0.15) is 29.4 Å². The summed E-state index contributed by atoms with van der Waals surface area (Å²) in [5, 5.41) is 5.65. The average Bonchev–Trinajstić information content (AvgIpc) is 2.86. The van der Waals surface area contributed by atoms with Crippen LogP contribution in [0.4, 0.5) is 5.95 Å². The highest BCUT2D eigenvalue weighted by Gasteiger charge is 2.17. The van der Waals surface area contributed by atoms with E-state index in [9.17, 15) is 0 Å². The Morgan fingerprint density at radius 3 is 2.70 bits per heavy atom. The molecule has 3 aromatic rings. The van der Waals surface area contributed by atoms with Crippen LogP contribution in [0, 0.1) is 13.8 Å². The molecule has 2 N–H and O–H groups in total.